The van der Waals surface area contributed by atoms with Gasteiger partial charge in [-0.1, -0.05) is 18.2 Å². The molecule has 0 atom stereocenters. The van der Waals surface area contributed by atoms with E-state index in [1.807, 2.05) is 37.3 Å². The molecule has 4 rings (SSSR count). The minimum absolute atomic E-state index is 0.143. The maximum absolute atomic E-state index is 13.0. The molecule has 2 aromatic carbocycles. The first kappa shape index (κ1) is 22.8. The van der Waals surface area contributed by atoms with Gasteiger partial charge in [0, 0.05) is 31.9 Å². The fraction of sp³-hybridized carbons (Fsp3) is 0.200. The third-order valence-corrected chi connectivity index (χ3v) is 5.29. The Kier molecular flexibility index (Phi) is 6.44. The van der Waals surface area contributed by atoms with Crippen LogP contribution in [0.4, 0.5) is 11.5 Å². The van der Waals surface area contributed by atoms with E-state index in [0.717, 1.165) is 16.9 Å². The summed E-state index contributed by atoms with van der Waals surface area (Å²) in [7, 11) is 4.99. The van der Waals surface area contributed by atoms with Crippen LogP contribution in [-0.2, 0) is 6.54 Å². The van der Waals surface area contributed by atoms with Gasteiger partial charge in [0.1, 0.15) is 11.6 Å². The summed E-state index contributed by atoms with van der Waals surface area (Å²) in [6.45, 7) is 2.48. The molecule has 0 saturated heterocycles. The van der Waals surface area contributed by atoms with Gasteiger partial charge in [-0.25, -0.2) is 9.50 Å². The smallest absolute Gasteiger partial charge is 0.276 e. The molecule has 0 saturated carbocycles. The van der Waals surface area contributed by atoms with Crippen LogP contribution in [0.2, 0.25) is 0 Å². The number of imidazole rings is 1. The van der Waals surface area contributed by atoms with Gasteiger partial charge in [0.05, 0.1) is 13.3 Å². The van der Waals surface area contributed by atoms with E-state index in [2.05, 4.69) is 20.7 Å². The maximum atomic E-state index is 13.0. The lowest BCUT2D eigenvalue weighted by Crippen LogP contribution is -2.22. The summed E-state index contributed by atoms with van der Waals surface area (Å²) >= 11 is 0. The maximum Gasteiger partial charge on any atom is 0.276 e. The summed E-state index contributed by atoms with van der Waals surface area (Å²) in [5.74, 6) is 0.896. The lowest BCUT2D eigenvalue weighted by molar-refractivity contribution is 0.0827. The molecule has 0 aliphatic rings. The second-order valence-electron chi connectivity index (χ2n) is 8.03. The Hall–Kier alpha value is -4.40. The molecule has 9 nitrogen and oxygen atoms in total. The second-order valence-corrected chi connectivity index (χ2v) is 8.03. The molecule has 2 aromatic heterocycles. The number of nitrogens with zero attached hydrogens (tertiary/aromatic N) is 4. The van der Waals surface area contributed by atoms with Crippen LogP contribution in [0.25, 0.3) is 5.65 Å². The lowest BCUT2D eigenvalue weighted by Gasteiger charge is -2.12. The highest BCUT2D eigenvalue weighted by atomic mass is 16.5. The molecule has 2 amide bonds. The number of carbonyl (C=O) groups is 2. The van der Waals surface area contributed by atoms with E-state index in [-0.39, 0.29) is 17.5 Å². The van der Waals surface area contributed by atoms with E-state index < -0.39 is 0 Å². The molecule has 4 aromatic rings. The number of nitrogens with one attached hydrogen (secondary N) is 2. The van der Waals surface area contributed by atoms with Gasteiger partial charge >= 0.3 is 0 Å². The number of hydrogen-bond acceptors (Lipinski definition) is 6. The SMILES string of the molecule is COc1ccc(CNc2cc(C)c3ncc(C(=O)Nc4cccc(C(=O)N(C)C)c4)n3n2)cc1. The van der Waals surface area contributed by atoms with Crippen LogP contribution in [0.1, 0.15) is 32.0 Å². The normalized spacial score (nSPS) is 10.7. The number of rotatable bonds is 7. The number of benzene rings is 2. The van der Waals surface area contributed by atoms with Crippen molar-refractivity contribution in [2.75, 3.05) is 31.8 Å². The van der Waals surface area contributed by atoms with Crippen LogP contribution in [0.5, 0.6) is 5.75 Å². The number of fused-ring (bicyclic) bond motifs is 1. The molecular weight excluding hydrogens is 432 g/mol. The number of amides is 2. The Morgan fingerprint density at radius 1 is 1.09 bits per heavy atom. The highest BCUT2D eigenvalue weighted by Gasteiger charge is 2.17. The van der Waals surface area contributed by atoms with Crippen molar-refractivity contribution in [1.29, 1.82) is 0 Å². The molecule has 9 heteroatoms. The summed E-state index contributed by atoms with van der Waals surface area (Å²) in [5, 5.41) is 10.7. The Bertz CT molecular complexity index is 1340. The van der Waals surface area contributed by atoms with E-state index in [0.29, 0.717) is 29.3 Å². The molecule has 0 radical (unpaired) electrons. The van der Waals surface area contributed by atoms with E-state index in [9.17, 15) is 9.59 Å². The number of ether oxygens (including phenoxy) is 1. The number of aryl methyl sites for hydroxylation is 1. The van der Waals surface area contributed by atoms with Gasteiger partial charge in [-0.2, -0.15) is 0 Å². The largest absolute Gasteiger partial charge is 0.497 e. The van der Waals surface area contributed by atoms with Crippen LogP contribution < -0.4 is 15.4 Å². The number of hydrogen-bond donors (Lipinski definition) is 2. The summed E-state index contributed by atoms with van der Waals surface area (Å²) in [6.07, 6.45) is 1.49. The first-order valence-corrected chi connectivity index (χ1v) is 10.7. The van der Waals surface area contributed by atoms with Crippen LogP contribution in [-0.4, -0.2) is 52.5 Å². The zero-order valence-corrected chi connectivity index (χ0v) is 19.5. The topological polar surface area (TPSA) is 101 Å². The van der Waals surface area contributed by atoms with Gasteiger partial charge in [0.15, 0.2) is 11.3 Å². The third-order valence-electron chi connectivity index (χ3n) is 5.29. The second kappa shape index (κ2) is 9.62. The van der Waals surface area contributed by atoms with E-state index >= 15 is 0 Å². The molecule has 0 fully saturated rings. The van der Waals surface area contributed by atoms with Gasteiger partial charge in [-0.3, -0.25) is 9.59 Å². The lowest BCUT2D eigenvalue weighted by atomic mass is 10.2. The number of carbonyl (C=O) groups excluding carboxylic acids is 2. The van der Waals surface area contributed by atoms with Crippen LogP contribution in [0, 0.1) is 6.92 Å². The number of anilines is 2. The molecule has 34 heavy (non-hydrogen) atoms. The average Bonchev–Trinajstić information content (AvgIpc) is 3.27. The standard InChI is InChI=1S/C25H26N6O3/c1-16-12-22(26-14-17-8-10-20(34-4)11-9-17)29-31-21(15-27-23(16)31)24(32)28-19-7-5-6-18(13-19)25(33)30(2)3/h5-13,15H,14H2,1-4H3,(H,26,29)(H,28,32). The van der Waals surface area contributed by atoms with E-state index in [1.165, 1.54) is 15.6 Å². The zero-order valence-electron chi connectivity index (χ0n) is 19.5. The van der Waals surface area contributed by atoms with Crippen LogP contribution >= 0.6 is 0 Å². The summed E-state index contributed by atoms with van der Waals surface area (Å²) < 4.78 is 6.72. The van der Waals surface area contributed by atoms with Gasteiger partial charge in [-0.15, -0.1) is 5.10 Å². The molecule has 0 aliphatic carbocycles. The predicted molar refractivity (Wildman–Crippen MR) is 130 cm³/mol. The fourth-order valence-corrected chi connectivity index (χ4v) is 3.48. The quantitative estimate of drug-likeness (QED) is 0.439. The molecule has 0 unspecified atom stereocenters. The van der Waals surface area contributed by atoms with Crippen molar-refractivity contribution in [3.05, 3.63) is 83.2 Å². The monoisotopic (exact) mass is 458 g/mol. The summed E-state index contributed by atoms with van der Waals surface area (Å²) in [5.41, 5.74) is 3.83. The molecular formula is C25H26N6O3. The fourth-order valence-electron chi connectivity index (χ4n) is 3.48. The summed E-state index contributed by atoms with van der Waals surface area (Å²) in [6, 6.07) is 16.5. The predicted octanol–water partition coefficient (Wildman–Crippen LogP) is 3.61. The van der Waals surface area contributed by atoms with Gasteiger partial charge in [0.25, 0.3) is 11.8 Å². The van der Waals surface area contributed by atoms with E-state index in [1.54, 1.807) is 45.5 Å². The van der Waals surface area contributed by atoms with Gasteiger partial charge in [-0.05, 0) is 54.4 Å². The van der Waals surface area contributed by atoms with Crippen molar-refractivity contribution in [1.82, 2.24) is 19.5 Å². The van der Waals surface area contributed by atoms with Crippen molar-refractivity contribution in [2.45, 2.75) is 13.5 Å². The zero-order chi connectivity index (χ0) is 24.2. The number of aromatic nitrogens is 3. The Morgan fingerprint density at radius 2 is 1.85 bits per heavy atom. The molecule has 2 N–H and O–H groups in total. The van der Waals surface area contributed by atoms with Gasteiger partial charge in [0.2, 0.25) is 0 Å². The first-order chi connectivity index (χ1) is 16.4. The van der Waals surface area contributed by atoms with Crippen molar-refractivity contribution in [2.24, 2.45) is 0 Å². The minimum Gasteiger partial charge on any atom is -0.497 e. The van der Waals surface area contributed by atoms with Crippen LogP contribution in [0.3, 0.4) is 0 Å². The Morgan fingerprint density at radius 3 is 2.56 bits per heavy atom. The minimum atomic E-state index is -0.374. The molecule has 174 valence electrons. The van der Waals surface area contributed by atoms with Gasteiger partial charge < -0.3 is 20.3 Å². The molecule has 0 aliphatic heterocycles. The van der Waals surface area contributed by atoms with Crippen molar-refractivity contribution in [3.8, 4) is 5.75 Å². The highest BCUT2D eigenvalue weighted by molar-refractivity contribution is 6.04. The molecule has 0 bridgehead atoms. The van der Waals surface area contributed by atoms with Crippen LogP contribution in [0.15, 0.2) is 60.8 Å². The summed E-state index contributed by atoms with van der Waals surface area (Å²) in [4.78, 5) is 31.1. The first-order valence-electron chi connectivity index (χ1n) is 10.7. The molecule has 0 spiro atoms. The highest BCUT2D eigenvalue weighted by Crippen LogP contribution is 2.18. The Labute approximate surface area is 197 Å². The molecule has 2 heterocycles. The average molecular weight is 459 g/mol. The van der Waals surface area contributed by atoms with Crippen molar-refractivity contribution in [3.63, 3.8) is 0 Å². The van der Waals surface area contributed by atoms with E-state index in [4.69, 9.17) is 4.74 Å². The van der Waals surface area contributed by atoms with Crippen molar-refractivity contribution >= 4 is 29.0 Å². The van der Waals surface area contributed by atoms with Crippen molar-refractivity contribution < 1.29 is 14.3 Å². The number of methoxy groups -OCH3 is 1. The Balaban J connectivity index is 1.54. The third kappa shape index (κ3) is 4.83.